The van der Waals surface area contributed by atoms with Gasteiger partial charge in [-0.25, -0.2) is 0 Å². The first-order chi connectivity index (χ1) is 8.83. The summed E-state index contributed by atoms with van der Waals surface area (Å²) in [5.41, 5.74) is 0. The smallest absolute Gasteiger partial charge is 0.315 e. The summed E-state index contributed by atoms with van der Waals surface area (Å²) in [4.78, 5) is 0. The molecular weight excluding hydrogens is 232 g/mol. The Bertz CT molecular complexity index is 385. The van der Waals surface area contributed by atoms with Gasteiger partial charge in [0, 0.05) is 18.7 Å². The van der Waals surface area contributed by atoms with Crippen LogP contribution in [-0.4, -0.2) is 35.0 Å². The summed E-state index contributed by atoms with van der Waals surface area (Å²) in [6.45, 7) is 3.48. The van der Waals surface area contributed by atoms with Crippen molar-refractivity contribution in [2.75, 3.05) is 11.9 Å². The van der Waals surface area contributed by atoms with Gasteiger partial charge in [-0.2, -0.15) is 0 Å². The van der Waals surface area contributed by atoms with Crippen LogP contribution in [0.1, 0.15) is 38.5 Å². The first kappa shape index (κ1) is 11.9. The van der Waals surface area contributed by atoms with E-state index in [4.69, 9.17) is 9.15 Å². The topological polar surface area (TPSA) is 72.2 Å². The molecule has 1 heterocycles. The maximum atomic E-state index is 5.53. The van der Waals surface area contributed by atoms with E-state index in [1.807, 2.05) is 6.92 Å². The number of ether oxygens (including phenoxy) is 1. The fourth-order valence-corrected chi connectivity index (χ4v) is 2.13. The molecule has 0 aliphatic heterocycles. The van der Waals surface area contributed by atoms with E-state index in [9.17, 15) is 0 Å². The minimum atomic E-state index is 0.395. The van der Waals surface area contributed by atoms with Crippen molar-refractivity contribution in [1.29, 1.82) is 0 Å². The molecule has 0 amide bonds. The molecule has 0 unspecified atom stereocenters. The van der Waals surface area contributed by atoms with E-state index in [1.165, 1.54) is 12.8 Å². The summed E-state index contributed by atoms with van der Waals surface area (Å²) >= 11 is 0. The molecule has 0 bridgehead atoms. The Balaban J connectivity index is 1.40. The third kappa shape index (κ3) is 3.00. The molecule has 18 heavy (non-hydrogen) atoms. The SMILES string of the molecule is CCOC1CC(Nc2nnc(CNC3CC3)o2)C1. The third-order valence-electron chi connectivity index (χ3n) is 3.41. The van der Waals surface area contributed by atoms with E-state index < -0.39 is 0 Å². The average molecular weight is 252 g/mol. The van der Waals surface area contributed by atoms with Gasteiger partial charge in [-0.15, -0.1) is 5.10 Å². The van der Waals surface area contributed by atoms with E-state index >= 15 is 0 Å². The van der Waals surface area contributed by atoms with E-state index in [0.717, 1.165) is 19.4 Å². The van der Waals surface area contributed by atoms with Crippen molar-refractivity contribution in [2.24, 2.45) is 0 Å². The molecule has 0 aromatic carbocycles. The van der Waals surface area contributed by atoms with E-state index in [-0.39, 0.29) is 0 Å². The molecule has 6 nitrogen and oxygen atoms in total. The van der Waals surface area contributed by atoms with Crippen LogP contribution in [0.5, 0.6) is 0 Å². The largest absolute Gasteiger partial charge is 0.407 e. The molecule has 0 radical (unpaired) electrons. The lowest BCUT2D eigenvalue weighted by atomic mass is 9.89. The van der Waals surface area contributed by atoms with Crippen molar-refractivity contribution in [3.05, 3.63) is 5.89 Å². The van der Waals surface area contributed by atoms with Crippen LogP contribution < -0.4 is 10.6 Å². The van der Waals surface area contributed by atoms with Crippen molar-refractivity contribution in [1.82, 2.24) is 15.5 Å². The normalized spacial score (nSPS) is 26.9. The van der Waals surface area contributed by atoms with E-state index in [1.54, 1.807) is 0 Å². The monoisotopic (exact) mass is 252 g/mol. The predicted molar refractivity (Wildman–Crippen MR) is 66.2 cm³/mol. The lowest BCUT2D eigenvalue weighted by Crippen LogP contribution is -2.40. The van der Waals surface area contributed by atoms with Gasteiger partial charge in [0.2, 0.25) is 5.89 Å². The Morgan fingerprint density at radius 1 is 1.28 bits per heavy atom. The molecule has 2 saturated carbocycles. The van der Waals surface area contributed by atoms with Crippen molar-refractivity contribution < 1.29 is 9.15 Å². The van der Waals surface area contributed by atoms with Gasteiger partial charge in [-0.05, 0) is 32.6 Å². The third-order valence-corrected chi connectivity index (χ3v) is 3.41. The highest BCUT2D eigenvalue weighted by Gasteiger charge is 2.30. The molecule has 2 fully saturated rings. The lowest BCUT2D eigenvalue weighted by Gasteiger charge is -2.34. The Kier molecular flexibility index (Phi) is 3.47. The van der Waals surface area contributed by atoms with E-state index in [2.05, 4.69) is 20.8 Å². The summed E-state index contributed by atoms with van der Waals surface area (Å²) in [5.74, 6) is 0.657. The van der Waals surface area contributed by atoms with Gasteiger partial charge in [0.1, 0.15) is 0 Å². The zero-order chi connectivity index (χ0) is 12.4. The van der Waals surface area contributed by atoms with Gasteiger partial charge >= 0.3 is 6.01 Å². The fourth-order valence-electron chi connectivity index (χ4n) is 2.13. The molecule has 0 atom stereocenters. The molecule has 2 N–H and O–H groups in total. The minimum Gasteiger partial charge on any atom is -0.407 e. The van der Waals surface area contributed by atoms with Crippen LogP contribution in [0, 0.1) is 0 Å². The molecule has 1 aromatic heterocycles. The van der Waals surface area contributed by atoms with Crippen LogP contribution in [-0.2, 0) is 11.3 Å². The lowest BCUT2D eigenvalue weighted by molar-refractivity contribution is 0.00255. The van der Waals surface area contributed by atoms with Crippen LogP contribution >= 0.6 is 0 Å². The summed E-state index contributed by atoms with van der Waals surface area (Å²) in [5, 5.41) is 14.6. The number of anilines is 1. The molecule has 1 aromatic rings. The Hall–Kier alpha value is -1.14. The predicted octanol–water partition coefficient (Wildman–Crippen LogP) is 1.30. The summed E-state index contributed by atoms with van der Waals surface area (Å²) < 4.78 is 11.0. The second-order valence-corrected chi connectivity index (χ2v) is 5.05. The summed E-state index contributed by atoms with van der Waals surface area (Å²) in [6.07, 6.45) is 4.96. The van der Waals surface area contributed by atoms with E-state index in [0.29, 0.717) is 36.6 Å². The maximum Gasteiger partial charge on any atom is 0.315 e. The van der Waals surface area contributed by atoms with Gasteiger partial charge in [-0.3, -0.25) is 0 Å². The van der Waals surface area contributed by atoms with Gasteiger partial charge in [-0.1, -0.05) is 5.10 Å². The number of nitrogens with one attached hydrogen (secondary N) is 2. The maximum absolute atomic E-state index is 5.53. The number of rotatable bonds is 7. The van der Waals surface area contributed by atoms with Crippen molar-refractivity contribution in [2.45, 2.75) is 57.3 Å². The minimum absolute atomic E-state index is 0.395. The summed E-state index contributed by atoms with van der Waals surface area (Å²) in [7, 11) is 0. The molecular formula is C12H20N4O2. The van der Waals surface area contributed by atoms with Gasteiger partial charge in [0.25, 0.3) is 0 Å². The Labute approximate surface area is 106 Å². The number of aromatic nitrogens is 2. The molecule has 0 spiro atoms. The first-order valence-electron chi connectivity index (χ1n) is 6.77. The van der Waals surface area contributed by atoms with Gasteiger partial charge in [0.05, 0.1) is 12.6 Å². The van der Waals surface area contributed by atoms with Crippen LogP contribution in [0.2, 0.25) is 0 Å². The standard InChI is InChI=1S/C12H20N4O2/c1-2-17-10-5-9(6-10)14-12-16-15-11(18-12)7-13-8-3-4-8/h8-10,13H,2-7H2,1H3,(H,14,16). The van der Waals surface area contributed by atoms with Crippen LogP contribution in [0.25, 0.3) is 0 Å². The van der Waals surface area contributed by atoms with Crippen LogP contribution in [0.4, 0.5) is 6.01 Å². The van der Waals surface area contributed by atoms with Crippen LogP contribution in [0.3, 0.4) is 0 Å². The zero-order valence-electron chi connectivity index (χ0n) is 10.7. The second-order valence-electron chi connectivity index (χ2n) is 5.05. The molecule has 6 heteroatoms. The fraction of sp³-hybridized carbons (Fsp3) is 0.833. The molecule has 3 rings (SSSR count). The molecule has 2 aliphatic rings. The Morgan fingerprint density at radius 3 is 2.83 bits per heavy atom. The van der Waals surface area contributed by atoms with Crippen molar-refractivity contribution >= 4 is 6.01 Å². The molecule has 100 valence electrons. The average Bonchev–Trinajstić information content (AvgIpc) is 3.04. The molecule has 0 saturated heterocycles. The van der Waals surface area contributed by atoms with Crippen molar-refractivity contribution in [3.63, 3.8) is 0 Å². The number of nitrogens with zero attached hydrogens (tertiary/aromatic N) is 2. The molecule has 2 aliphatic carbocycles. The summed E-state index contributed by atoms with van der Waals surface area (Å²) in [6, 6.07) is 1.60. The quantitative estimate of drug-likeness (QED) is 0.762. The highest BCUT2D eigenvalue weighted by Crippen LogP contribution is 2.26. The van der Waals surface area contributed by atoms with Crippen molar-refractivity contribution in [3.8, 4) is 0 Å². The first-order valence-corrected chi connectivity index (χ1v) is 6.77. The van der Waals surface area contributed by atoms with Gasteiger partial charge < -0.3 is 19.8 Å². The zero-order valence-corrected chi connectivity index (χ0v) is 10.7. The highest BCUT2D eigenvalue weighted by atomic mass is 16.5. The van der Waals surface area contributed by atoms with Crippen LogP contribution in [0.15, 0.2) is 4.42 Å². The number of hydrogen-bond donors (Lipinski definition) is 2. The highest BCUT2D eigenvalue weighted by molar-refractivity contribution is 5.21. The Morgan fingerprint density at radius 2 is 2.11 bits per heavy atom. The van der Waals surface area contributed by atoms with Gasteiger partial charge in [0.15, 0.2) is 0 Å². The number of hydrogen-bond acceptors (Lipinski definition) is 6. The second kappa shape index (κ2) is 5.24.